The number of ether oxygens (including phenoxy) is 3. The molecule has 184 valence electrons. The van der Waals surface area contributed by atoms with Crippen molar-refractivity contribution in [3.63, 3.8) is 0 Å². The average molecular weight is 476 g/mol. The first kappa shape index (κ1) is 23.1. The fourth-order valence-electron chi connectivity index (χ4n) is 3.97. The van der Waals surface area contributed by atoms with Crippen molar-refractivity contribution in [2.45, 2.75) is 69.8 Å². The van der Waals surface area contributed by atoms with Gasteiger partial charge in [-0.05, 0) is 6.42 Å². The Kier molecular flexibility index (Phi) is 6.20. The molecule has 3 aromatic rings. The highest BCUT2D eigenvalue weighted by Crippen LogP contribution is 2.32. The summed E-state index contributed by atoms with van der Waals surface area (Å²) in [6.45, 7) is 7.35. The quantitative estimate of drug-likeness (QED) is 0.435. The van der Waals surface area contributed by atoms with Crippen molar-refractivity contribution in [1.29, 1.82) is 0 Å². The van der Waals surface area contributed by atoms with E-state index in [2.05, 4.69) is 30.4 Å². The molecule has 3 N–H and O–H groups in total. The summed E-state index contributed by atoms with van der Waals surface area (Å²) in [5, 5.41) is 28.5. The minimum Gasteiger partial charge on any atom is -0.387 e. The number of nitrogens with one attached hydrogen (secondary N) is 1. The molecule has 2 saturated heterocycles. The number of fused-ring (bicyclic) bond motifs is 1. The highest BCUT2D eigenvalue weighted by Gasteiger charge is 2.44. The number of nitrogens with zero attached hydrogens (tertiary/aromatic N) is 6. The zero-order chi connectivity index (χ0) is 23.9. The summed E-state index contributed by atoms with van der Waals surface area (Å²) in [4.78, 5) is 17.4. The SMILES string of the molecule is CC(C)(C)c1nc(COC[C@H]2O[C@@H](n3cnc4c(NC5CCOC5)ncnc43)[C@@H](O)[C@H]2O)no1. The molecule has 2 fully saturated rings. The summed E-state index contributed by atoms with van der Waals surface area (Å²) in [6, 6.07) is 0.151. The van der Waals surface area contributed by atoms with Crippen molar-refractivity contribution in [2.75, 3.05) is 25.1 Å². The van der Waals surface area contributed by atoms with E-state index < -0.39 is 24.5 Å². The van der Waals surface area contributed by atoms with Gasteiger partial charge >= 0.3 is 0 Å². The van der Waals surface area contributed by atoms with Crippen LogP contribution in [-0.4, -0.2) is 84.0 Å². The van der Waals surface area contributed by atoms with Crippen LogP contribution < -0.4 is 5.32 Å². The molecule has 1 unspecified atom stereocenters. The lowest BCUT2D eigenvalue weighted by atomic mass is 9.97. The number of hydrogen-bond donors (Lipinski definition) is 3. The molecule has 0 saturated carbocycles. The van der Waals surface area contributed by atoms with Crippen molar-refractivity contribution in [3.8, 4) is 0 Å². The molecule has 5 heterocycles. The molecule has 3 aromatic heterocycles. The van der Waals surface area contributed by atoms with Crippen LogP contribution >= 0.6 is 0 Å². The standard InChI is InChI=1S/C21H29N7O6/c1-21(2,3)20-26-13(27-34-20)8-32-7-12-15(29)16(30)19(33-12)28-10-24-14-17(22-9-23-18(14)28)25-11-4-5-31-6-11/h9-12,15-16,19,29-30H,4-8H2,1-3H3,(H,22,23,25)/t11?,12-,15+,16+,19-/m1/s1. The van der Waals surface area contributed by atoms with E-state index in [4.69, 9.17) is 18.7 Å². The van der Waals surface area contributed by atoms with E-state index in [1.165, 1.54) is 12.7 Å². The second kappa shape index (κ2) is 9.15. The highest BCUT2D eigenvalue weighted by atomic mass is 16.6. The number of aromatic nitrogens is 6. The summed E-state index contributed by atoms with van der Waals surface area (Å²) in [5.74, 6) is 1.50. The van der Waals surface area contributed by atoms with Crippen molar-refractivity contribution in [1.82, 2.24) is 29.7 Å². The molecular weight excluding hydrogens is 446 g/mol. The Morgan fingerprint density at radius 1 is 1.21 bits per heavy atom. The van der Waals surface area contributed by atoms with Gasteiger partial charge in [-0.25, -0.2) is 15.0 Å². The predicted octanol–water partition coefficient (Wildman–Crippen LogP) is 0.544. The van der Waals surface area contributed by atoms with Gasteiger partial charge in [0.25, 0.3) is 0 Å². The van der Waals surface area contributed by atoms with Crippen LogP contribution in [0.1, 0.15) is 45.1 Å². The summed E-state index contributed by atoms with van der Waals surface area (Å²) in [7, 11) is 0. The molecule has 5 rings (SSSR count). The fourth-order valence-corrected chi connectivity index (χ4v) is 3.97. The van der Waals surface area contributed by atoms with Crippen molar-refractivity contribution in [3.05, 3.63) is 24.4 Å². The van der Waals surface area contributed by atoms with Crippen LogP contribution in [0, 0.1) is 0 Å². The number of aliphatic hydroxyl groups excluding tert-OH is 2. The molecule has 2 aliphatic heterocycles. The molecule has 0 aliphatic carbocycles. The fraction of sp³-hybridized carbons (Fsp3) is 0.667. The van der Waals surface area contributed by atoms with Gasteiger partial charge in [-0.15, -0.1) is 0 Å². The van der Waals surface area contributed by atoms with Crippen LogP contribution in [0.3, 0.4) is 0 Å². The summed E-state index contributed by atoms with van der Waals surface area (Å²) in [6.07, 6.45) is -0.177. The highest BCUT2D eigenvalue weighted by molar-refractivity contribution is 5.82. The van der Waals surface area contributed by atoms with Gasteiger partial charge in [-0.3, -0.25) is 4.57 Å². The number of rotatable bonds is 7. The van der Waals surface area contributed by atoms with Gasteiger partial charge in [0.05, 0.1) is 25.6 Å². The number of hydrogen-bond acceptors (Lipinski definition) is 12. The Labute approximate surface area is 195 Å². The maximum absolute atomic E-state index is 10.7. The monoisotopic (exact) mass is 475 g/mol. The summed E-state index contributed by atoms with van der Waals surface area (Å²) in [5.41, 5.74) is 0.770. The summed E-state index contributed by atoms with van der Waals surface area (Å²) < 4.78 is 23.8. The molecule has 5 atom stereocenters. The largest absolute Gasteiger partial charge is 0.387 e. The van der Waals surface area contributed by atoms with Crippen LogP contribution in [-0.2, 0) is 26.2 Å². The Hall–Kier alpha value is -2.71. The number of aliphatic hydroxyl groups is 2. The van der Waals surface area contributed by atoms with Gasteiger partial charge in [-0.2, -0.15) is 4.98 Å². The third-order valence-corrected chi connectivity index (χ3v) is 5.86. The molecular formula is C21H29N7O6. The second-order valence-corrected chi connectivity index (χ2v) is 9.58. The van der Waals surface area contributed by atoms with Crippen molar-refractivity contribution >= 4 is 17.0 Å². The zero-order valence-corrected chi connectivity index (χ0v) is 19.3. The van der Waals surface area contributed by atoms with E-state index in [-0.39, 0.29) is 24.7 Å². The smallest absolute Gasteiger partial charge is 0.232 e. The van der Waals surface area contributed by atoms with E-state index in [1.807, 2.05) is 20.8 Å². The average Bonchev–Trinajstić information content (AvgIpc) is 3.58. The molecule has 0 radical (unpaired) electrons. The minimum atomic E-state index is -1.20. The maximum Gasteiger partial charge on any atom is 0.232 e. The molecule has 0 aromatic carbocycles. The molecule has 0 bridgehead atoms. The van der Waals surface area contributed by atoms with Gasteiger partial charge < -0.3 is 34.3 Å². The Bertz CT molecular complexity index is 1120. The van der Waals surface area contributed by atoms with Crippen LogP contribution in [0.15, 0.2) is 17.2 Å². The van der Waals surface area contributed by atoms with Crippen LogP contribution in [0.4, 0.5) is 5.82 Å². The van der Waals surface area contributed by atoms with E-state index in [1.54, 1.807) is 4.57 Å². The number of imidazole rings is 1. The van der Waals surface area contributed by atoms with Crippen molar-refractivity contribution < 1.29 is 28.9 Å². The van der Waals surface area contributed by atoms with E-state index in [9.17, 15) is 10.2 Å². The normalized spacial score (nSPS) is 27.6. The van der Waals surface area contributed by atoms with Gasteiger partial charge in [0, 0.05) is 12.0 Å². The van der Waals surface area contributed by atoms with Gasteiger partial charge in [0.2, 0.25) is 5.89 Å². The van der Waals surface area contributed by atoms with E-state index in [0.29, 0.717) is 41.9 Å². The molecule has 34 heavy (non-hydrogen) atoms. The topological polar surface area (TPSA) is 163 Å². The lowest BCUT2D eigenvalue weighted by Gasteiger charge is -2.17. The molecule has 13 heteroatoms. The first-order chi connectivity index (χ1) is 16.3. The van der Waals surface area contributed by atoms with Crippen molar-refractivity contribution in [2.24, 2.45) is 0 Å². The lowest BCUT2D eigenvalue weighted by Crippen LogP contribution is -2.33. The first-order valence-electron chi connectivity index (χ1n) is 11.3. The first-order valence-corrected chi connectivity index (χ1v) is 11.3. The second-order valence-electron chi connectivity index (χ2n) is 9.58. The zero-order valence-electron chi connectivity index (χ0n) is 19.3. The molecule has 0 spiro atoms. The van der Waals surface area contributed by atoms with Crippen LogP contribution in [0.5, 0.6) is 0 Å². The van der Waals surface area contributed by atoms with Gasteiger partial charge in [0.1, 0.15) is 31.2 Å². The van der Waals surface area contributed by atoms with Gasteiger partial charge in [0.15, 0.2) is 29.0 Å². The third kappa shape index (κ3) is 4.49. The maximum atomic E-state index is 10.7. The van der Waals surface area contributed by atoms with Crippen LogP contribution in [0.25, 0.3) is 11.2 Å². The molecule has 2 aliphatic rings. The van der Waals surface area contributed by atoms with E-state index >= 15 is 0 Å². The van der Waals surface area contributed by atoms with Crippen LogP contribution in [0.2, 0.25) is 0 Å². The molecule has 13 nitrogen and oxygen atoms in total. The third-order valence-electron chi connectivity index (χ3n) is 5.86. The summed E-state index contributed by atoms with van der Waals surface area (Å²) >= 11 is 0. The predicted molar refractivity (Wildman–Crippen MR) is 117 cm³/mol. The van der Waals surface area contributed by atoms with Gasteiger partial charge in [-0.1, -0.05) is 25.9 Å². The Balaban J connectivity index is 1.25. The Morgan fingerprint density at radius 2 is 2.06 bits per heavy atom. The lowest BCUT2D eigenvalue weighted by molar-refractivity contribution is -0.0691. The Morgan fingerprint density at radius 3 is 2.79 bits per heavy atom. The minimum absolute atomic E-state index is 0.0320. The number of anilines is 1. The van der Waals surface area contributed by atoms with E-state index in [0.717, 1.165) is 6.42 Å². The molecule has 0 amide bonds.